The number of likely N-dealkylation sites (N-methyl/N-ethyl adjacent to an activating group) is 2. The SMILES string of the molecule is CCNC(=NCc1ccc(OCCN(CC)CC)cc1)NCCN(C)CCCOC.I. The van der Waals surface area contributed by atoms with E-state index in [1.54, 1.807) is 7.11 Å². The molecule has 8 heteroatoms. The summed E-state index contributed by atoms with van der Waals surface area (Å²) < 4.78 is 11.0. The monoisotopic (exact) mass is 549 g/mol. The first-order valence-electron chi connectivity index (χ1n) is 11.3. The Kier molecular flexibility index (Phi) is 18.9. The summed E-state index contributed by atoms with van der Waals surface area (Å²) in [6.07, 6.45) is 1.05. The molecule has 0 aliphatic heterocycles. The maximum Gasteiger partial charge on any atom is 0.191 e. The van der Waals surface area contributed by atoms with Crippen molar-refractivity contribution in [3.8, 4) is 5.75 Å². The molecule has 0 amide bonds. The summed E-state index contributed by atoms with van der Waals surface area (Å²) in [5, 5.41) is 6.72. The predicted octanol–water partition coefficient (Wildman–Crippen LogP) is 3.05. The van der Waals surface area contributed by atoms with Crippen LogP contribution in [0.5, 0.6) is 5.75 Å². The molecule has 0 aromatic heterocycles. The molecule has 0 aliphatic carbocycles. The summed E-state index contributed by atoms with van der Waals surface area (Å²) >= 11 is 0. The molecule has 0 spiro atoms. The molecule has 0 unspecified atom stereocenters. The lowest BCUT2D eigenvalue weighted by Gasteiger charge is -2.18. The zero-order valence-electron chi connectivity index (χ0n) is 20.2. The van der Waals surface area contributed by atoms with Gasteiger partial charge in [0.05, 0.1) is 6.54 Å². The average molecular weight is 550 g/mol. The Hall–Kier alpha value is -1.10. The first-order chi connectivity index (χ1) is 14.6. The Labute approximate surface area is 207 Å². The van der Waals surface area contributed by atoms with Crippen LogP contribution in [0.1, 0.15) is 32.8 Å². The molecule has 0 saturated carbocycles. The lowest BCUT2D eigenvalue weighted by molar-refractivity contribution is 0.180. The number of halogens is 1. The largest absolute Gasteiger partial charge is 0.492 e. The highest BCUT2D eigenvalue weighted by atomic mass is 127. The number of rotatable bonds is 16. The molecule has 1 aromatic carbocycles. The molecule has 0 aliphatic rings. The van der Waals surface area contributed by atoms with E-state index in [-0.39, 0.29) is 24.0 Å². The van der Waals surface area contributed by atoms with Gasteiger partial charge in [-0.15, -0.1) is 24.0 Å². The number of aliphatic imine (C=N–C) groups is 1. The Morgan fingerprint density at radius 1 is 0.968 bits per heavy atom. The molecule has 31 heavy (non-hydrogen) atoms. The van der Waals surface area contributed by atoms with E-state index in [9.17, 15) is 0 Å². The van der Waals surface area contributed by atoms with Crippen LogP contribution in [0.2, 0.25) is 0 Å². The maximum absolute atomic E-state index is 5.86. The van der Waals surface area contributed by atoms with Gasteiger partial charge in [0.25, 0.3) is 0 Å². The number of ether oxygens (including phenoxy) is 2. The highest BCUT2D eigenvalue weighted by molar-refractivity contribution is 14.0. The average Bonchev–Trinajstić information content (AvgIpc) is 2.76. The Morgan fingerprint density at radius 2 is 1.68 bits per heavy atom. The van der Waals surface area contributed by atoms with Crippen molar-refractivity contribution in [2.75, 3.05) is 73.2 Å². The smallest absolute Gasteiger partial charge is 0.191 e. The number of nitrogens with one attached hydrogen (secondary N) is 2. The van der Waals surface area contributed by atoms with Gasteiger partial charge in [0.2, 0.25) is 0 Å². The van der Waals surface area contributed by atoms with Crippen molar-refractivity contribution in [1.82, 2.24) is 20.4 Å². The molecule has 0 heterocycles. The second-order valence-corrected chi connectivity index (χ2v) is 7.29. The third-order valence-corrected chi connectivity index (χ3v) is 4.93. The Morgan fingerprint density at radius 3 is 2.29 bits per heavy atom. The quantitative estimate of drug-likeness (QED) is 0.143. The molecular formula is C23H44IN5O2. The molecule has 0 saturated heterocycles. The van der Waals surface area contributed by atoms with E-state index >= 15 is 0 Å². The van der Waals surface area contributed by atoms with Gasteiger partial charge in [-0.05, 0) is 51.2 Å². The number of guanidine groups is 1. The fraction of sp³-hybridized carbons (Fsp3) is 0.696. The van der Waals surface area contributed by atoms with Crippen molar-refractivity contribution in [2.45, 2.75) is 33.7 Å². The van der Waals surface area contributed by atoms with Crippen LogP contribution in [0.4, 0.5) is 0 Å². The third kappa shape index (κ3) is 14.6. The van der Waals surface area contributed by atoms with Gasteiger partial charge < -0.3 is 29.9 Å². The van der Waals surface area contributed by atoms with E-state index in [0.717, 1.165) is 70.6 Å². The molecule has 0 fully saturated rings. The van der Waals surface area contributed by atoms with Crippen LogP contribution >= 0.6 is 24.0 Å². The van der Waals surface area contributed by atoms with Gasteiger partial charge in [0.1, 0.15) is 12.4 Å². The van der Waals surface area contributed by atoms with E-state index in [1.165, 1.54) is 5.56 Å². The van der Waals surface area contributed by atoms with E-state index in [1.807, 2.05) is 12.1 Å². The first-order valence-corrected chi connectivity index (χ1v) is 11.3. The van der Waals surface area contributed by atoms with Crippen LogP contribution in [0.25, 0.3) is 0 Å². The maximum atomic E-state index is 5.86. The summed E-state index contributed by atoms with van der Waals surface area (Å²) in [5.74, 6) is 1.76. The number of benzene rings is 1. The van der Waals surface area contributed by atoms with Crippen LogP contribution in [-0.4, -0.2) is 88.9 Å². The molecule has 0 atom stereocenters. The van der Waals surface area contributed by atoms with Gasteiger partial charge in [-0.2, -0.15) is 0 Å². The van der Waals surface area contributed by atoms with Crippen LogP contribution in [0.15, 0.2) is 29.3 Å². The normalized spacial score (nSPS) is 11.5. The molecule has 0 radical (unpaired) electrons. The van der Waals surface area contributed by atoms with Gasteiger partial charge in [-0.3, -0.25) is 0 Å². The van der Waals surface area contributed by atoms with Crippen molar-refractivity contribution < 1.29 is 9.47 Å². The summed E-state index contributed by atoms with van der Waals surface area (Å²) in [4.78, 5) is 9.36. The highest BCUT2D eigenvalue weighted by Gasteiger charge is 2.02. The predicted molar refractivity (Wildman–Crippen MR) is 142 cm³/mol. The van der Waals surface area contributed by atoms with Crippen molar-refractivity contribution in [1.29, 1.82) is 0 Å². The fourth-order valence-corrected chi connectivity index (χ4v) is 2.99. The molecule has 1 rings (SSSR count). The van der Waals surface area contributed by atoms with Gasteiger partial charge in [0.15, 0.2) is 5.96 Å². The van der Waals surface area contributed by atoms with Crippen LogP contribution in [-0.2, 0) is 11.3 Å². The standard InChI is InChI=1S/C23H43N5O2.HI/c1-6-24-23(25-14-16-27(4)15-9-18-29-5)26-20-21-10-12-22(13-11-21)30-19-17-28(7-2)8-3;/h10-13H,6-9,14-20H2,1-5H3,(H2,24,25,26);1H. The summed E-state index contributed by atoms with van der Waals surface area (Å²) in [5.41, 5.74) is 1.17. The molecule has 7 nitrogen and oxygen atoms in total. The molecule has 1 aromatic rings. The summed E-state index contributed by atoms with van der Waals surface area (Å²) in [6, 6.07) is 8.23. The van der Waals surface area contributed by atoms with E-state index in [2.05, 4.69) is 60.4 Å². The summed E-state index contributed by atoms with van der Waals surface area (Å²) in [7, 11) is 3.88. The van der Waals surface area contributed by atoms with Crippen LogP contribution in [0.3, 0.4) is 0 Å². The van der Waals surface area contributed by atoms with Gasteiger partial charge in [0, 0.05) is 46.4 Å². The zero-order chi connectivity index (χ0) is 22.0. The van der Waals surface area contributed by atoms with Crippen molar-refractivity contribution >= 4 is 29.9 Å². The lowest BCUT2D eigenvalue weighted by Crippen LogP contribution is -2.41. The van der Waals surface area contributed by atoms with E-state index in [4.69, 9.17) is 14.5 Å². The summed E-state index contributed by atoms with van der Waals surface area (Å²) in [6.45, 7) is 15.4. The second-order valence-electron chi connectivity index (χ2n) is 7.29. The van der Waals surface area contributed by atoms with Gasteiger partial charge in [-0.25, -0.2) is 4.99 Å². The minimum absolute atomic E-state index is 0. The third-order valence-electron chi connectivity index (χ3n) is 4.93. The molecule has 0 bridgehead atoms. The van der Waals surface area contributed by atoms with E-state index < -0.39 is 0 Å². The topological polar surface area (TPSA) is 61.4 Å². The van der Waals surface area contributed by atoms with Crippen molar-refractivity contribution in [3.05, 3.63) is 29.8 Å². The van der Waals surface area contributed by atoms with Crippen LogP contribution < -0.4 is 15.4 Å². The molecule has 180 valence electrons. The fourth-order valence-electron chi connectivity index (χ4n) is 2.99. The number of hydrogen-bond donors (Lipinski definition) is 2. The zero-order valence-corrected chi connectivity index (χ0v) is 22.5. The molecular weight excluding hydrogens is 505 g/mol. The first kappa shape index (κ1) is 29.9. The van der Waals surface area contributed by atoms with Crippen molar-refractivity contribution in [3.63, 3.8) is 0 Å². The Bertz CT molecular complexity index is 568. The number of hydrogen-bond acceptors (Lipinski definition) is 5. The number of nitrogens with zero attached hydrogens (tertiary/aromatic N) is 3. The minimum Gasteiger partial charge on any atom is -0.492 e. The Balaban J connectivity index is 0.00000900. The highest BCUT2D eigenvalue weighted by Crippen LogP contribution is 2.13. The molecule has 2 N–H and O–H groups in total. The van der Waals surface area contributed by atoms with Gasteiger partial charge >= 0.3 is 0 Å². The van der Waals surface area contributed by atoms with Crippen molar-refractivity contribution in [2.24, 2.45) is 4.99 Å². The number of methoxy groups -OCH3 is 1. The van der Waals surface area contributed by atoms with Crippen LogP contribution in [0, 0.1) is 0 Å². The second kappa shape index (κ2) is 19.6. The minimum atomic E-state index is 0. The van der Waals surface area contributed by atoms with E-state index in [0.29, 0.717) is 13.2 Å². The lowest BCUT2D eigenvalue weighted by atomic mass is 10.2. The van der Waals surface area contributed by atoms with Gasteiger partial charge in [-0.1, -0.05) is 26.0 Å².